The first kappa shape index (κ1) is 10.4. The molecule has 16 heavy (non-hydrogen) atoms. The van der Waals surface area contributed by atoms with Crippen LogP contribution in [0.2, 0.25) is 0 Å². The van der Waals surface area contributed by atoms with Crippen molar-refractivity contribution in [3.63, 3.8) is 0 Å². The fraction of sp³-hybridized carbons (Fsp3) is 0.692. The predicted octanol–water partition coefficient (Wildman–Crippen LogP) is 1.99. The van der Waals surface area contributed by atoms with Crippen molar-refractivity contribution in [3.05, 3.63) is 23.7 Å². The molecule has 88 valence electrons. The Bertz CT molecular complexity index is 383. The highest BCUT2D eigenvalue weighted by Crippen LogP contribution is 2.57. The highest BCUT2D eigenvalue weighted by atomic mass is 16.5. The lowest BCUT2D eigenvalue weighted by Gasteiger charge is -2.58. The molecule has 0 aromatic carbocycles. The summed E-state index contributed by atoms with van der Waals surface area (Å²) in [4.78, 5) is 0. The van der Waals surface area contributed by atoms with Crippen LogP contribution in [0.25, 0.3) is 0 Å². The molecular weight excluding hydrogens is 202 g/mol. The molecule has 2 aliphatic rings. The number of ether oxygens (including phenoxy) is 1. The number of hydrogen-bond acceptors (Lipinski definition) is 3. The first-order valence-corrected chi connectivity index (χ1v) is 6.07. The predicted molar refractivity (Wildman–Crippen MR) is 61.3 cm³/mol. The van der Waals surface area contributed by atoms with E-state index in [-0.39, 0.29) is 10.8 Å². The van der Waals surface area contributed by atoms with Crippen LogP contribution in [0.3, 0.4) is 0 Å². The van der Waals surface area contributed by atoms with Gasteiger partial charge in [0.25, 0.3) is 0 Å². The van der Waals surface area contributed by atoms with E-state index in [1.54, 1.807) is 0 Å². The van der Waals surface area contributed by atoms with E-state index in [0.29, 0.717) is 0 Å². The molecule has 1 saturated carbocycles. The molecule has 0 radical (unpaired) electrons. The van der Waals surface area contributed by atoms with Gasteiger partial charge in [-0.2, -0.15) is 0 Å². The Labute approximate surface area is 96.0 Å². The topological polar surface area (TPSA) is 48.4 Å². The molecule has 1 aromatic rings. The maximum absolute atomic E-state index is 6.01. The van der Waals surface area contributed by atoms with Gasteiger partial charge >= 0.3 is 0 Å². The van der Waals surface area contributed by atoms with Gasteiger partial charge in [0.2, 0.25) is 0 Å². The Morgan fingerprint density at radius 1 is 1.31 bits per heavy atom. The Balaban J connectivity index is 1.99. The van der Waals surface area contributed by atoms with Gasteiger partial charge in [-0.3, -0.25) is 0 Å². The third-order valence-corrected chi connectivity index (χ3v) is 4.63. The maximum atomic E-state index is 6.01. The highest BCUT2D eigenvalue weighted by Gasteiger charge is 2.60. The van der Waals surface area contributed by atoms with E-state index >= 15 is 0 Å². The second-order valence-corrected chi connectivity index (χ2v) is 5.32. The van der Waals surface area contributed by atoms with Crippen LogP contribution in [0.15, 0.2) is 16.5 Å². The monoisotopic (exact) mass is 221 g/mol. The summed E-state index contributed by atoms with van der Waals surface area (Å²) in [5, 5.41) is 0. The van der Waals surface area contributed by atoms with Gasteiger partial charge in [-0.15, -0.1) is 0 Å². The Hall–Kier alpha value is -0.800. The molecule has 0 atom stereocenters. The van der Waals surface area contributed by atoms with Crippen LogP contribution in [0.5, 0.6) is 0 Å². The third-order valence-electron chi connectivity index (χ3n) is 4.63. The van der Waals surface area contributed by atoms with E-state index in [0.717, 1.165) is 31.3 Å². The van der Waals surface area contributed by atoms with Crippen LogP contribution in [0, 0.1) is 12.3 Å². The lowest BCUT2D eigenvalue weighted by molar-refractivity contribution is -0.162. The largest absolute Gasteiger partial charge is 0.466 e. The number of rotatable bonds is 3. The first-order chi connectivity index (χ1) is 7.72. The van der Waals surface area contributed by atoms with Crippen molar-refractivity contribution in [2.24, 2.45) is 11.1 Å². The van der Waals surface area contributed by atoms with Gasteiger partial charge < -0.3 is 14.9 Å². The first-order valence-electron chi connectivity index (χ1n) is 6.07. The van der Waals surface area contributed by atoms with Crippen molar-refractivity contribution in [2.45, 2.75) is 31.6 Å². The summed E-state index contributed by atoms with van der Waals surface area (Å²) in [6.07, 6.45) is 3.72. The minimum Gasteiger partial charge on any atom is -0.466 e. The van der Waals surface area contributed by atoms with Gasteiger partial charge in [-0.05, 0) is 43.9 Å². The van der Waals surface area contributed by atoms with E-state index in [1.165, 1.54) is 19.3 Å². The zero-order valence-electron chi connectivity index (χ0n) is 9.79. The SMILES string of the molecule is Cc1ccc(C2(C3(CN)CCC3)COC2)o1. The summed E-state index contributed by atoms with van der Waals surface area (Å²) in [7, 11) is 0. The van der Waals surface area contributed by atoms with Gasteiger partial charge in [0, 0.05) is 0 Å². The lowest BCUT2D eigenvalue weighted by Crippen LogP contribution is -2.64. The lowest BCUT2D eigenvalue weighted by atomic mass is 9.51. The van der Waals surface area contributed by atoms with Crippen molar-refractivity contribution in [1.29, 1.82) is 0 Å². The Morgan fingerprint density at radius 2 is 2.06 bits per heavy atom. The highest BCUT2D eigenvalue weighted by molar-refractivity contribution is 5.27. The number of aryl methyl sites for hydroxylation is 1. The number of hydrogen-bond donors (Lipinski definition) is 1. The fourth-order valence-electron chi connectivity index (χ4n) is 3.19. The summed E-state index contributed by atoms with van der Waals surface area (Å²) in [5.74, 6) is 2.06. The third kappa shape index (κ3) is 1.10. The van der Waals surface area contributed by atoms with Crippen molar-refractivity contribution >= 4 is 0 Å². The smallest absolute Gasteiger partial charge is 0.115 e. The van der Waals surface area contributed by atoms with Crippen LogP contribution in [-0.4, -0.2) is 19.8 Å². The molecular formula is C13H19NO2. The van der Waals surface area contributed by atoms with E-state index < -0.39 is 0 Å². The molecule has 0 bridgehead atoms. The van der Waals surface area contributed by atoms with E-state index in [4.69, 9.17) is 14.9 Å². The summed E-state index contributed by atoms with van der Waals surface area (Å²) in [6, 6.07) is 4.14. The Kier molecular flexibility index (Phi) is 2.17. The summed E-state index contributed by atoms with van der Waals surface area (Å²) >= 11 is 0. The van der Waals surface area contributed by atoms with Crippen LogP contribution >= 0.6 is 0 Å². The fourth-order valence-corrected chi connectivity index (χ4v) is 3.19. The molecule has 2 heterocycles. The van der Waals surface area contributed by atoms with Crippen LogP contribution in [-0.2, 0) is 10.2 Å². The average Bonchev–Trinajstić information content (AvgIpc) is 2.55. The Morgan fingerprint density at radius 3 is 2.38 bits per heavy atom. The summed E-state index contributed by atoms with van der Waals surface area (Å²) in [5.41, 5.74) is 6.31. The molecule has 1 saturated heterocycles. The van der Waals surface area contributed by atoms with Gasteiger partial charge in [0.15, 0.2) is 0 Å². The van der Waals surface area contributed by atoms with Gasteiger partial charge in [-0.25, -0.2) is 0 Å². The van der Waals surface area contributed by atoms with Gasteiger partial charge in [0.1, 0.15) is 11.5 Å². The molecule has 2 N–H and O–H groups in total. The summed E-state index contributed by atoms with van der Waals surface area (Å²) < 4.78 is 11.3. The molecule has 0 spiro atoms. The number of furan rings is 1. The molecule has 0 unspecified atom stereocenters. The summed E-state index contributed by atoms with van der Waals surface area (Å²) in [6.45, 7) is 4.29. The molecule has 3 nitrogen and oxygen atoms in total. The van der Waals surface area contributed by atoms with Crippen LogP contribution < -0.4 is 5.73 Å². The molecule has 1 aliphatic carbocycles. The van der Waals surface area contributed by atoms with E-state index in [9.17, 15) is 0 Å². The zero-order valence-corrected chi connectivity index (χ0v) is 9.79. The van der Waals surface area contributed by atoms with E-state index in [1.807, 2.05) is 13.0 Å². The molecule has 2 fully saturated rings. The minimum absolute atomic E-state index is 0.0637. The average molecular weight is 221 g/mol. The van der Waals surface area contributed by atoms with Crippen molar-refractivity contribution in [3.8, 4) is 0 Å². The van der Waals surface area contributed by atoms with Crippen LogP contribution in [0.1, 0.15) is 30.8 Å². The van der Waals surface area contributed by atoms with Gasteiger partial charge in [0.05, 0.1) is 18.6 Å². The van der Waals surface area contributed by atoms with Crippen LogP contribution in [0.4, 0.5) is 0 Å². The molecule has 1 aromatic heterocycles. The van der Waals surface area contributed by atoms with E-state index in [2.05, 4.69) is 6.07 Å². The normalized spacial score (nSPS) is 25.9. The second kappa shape index (κ2) is 3.34. The maximum Gasteiger partial charge on any atom is 0.115 e. The minimum atomic E-state index is 0.0637. The quantitative estimate of drug-likeness (QED) is 0.849. The van der Waals surface area contributed by atoms with Crippen molar-refractivity contribution in [2.75, 3.05) is 19.8 Å². The van der Waals surface area contributed by atoms with Crippen molar-refractivity contribution in [1.82, 2.24) is 0 Å². The second-order valence-electron chi connectivity index (χ2n) is 5.32. The molecule has 3 rings (SSSR count). The molecule has 0 amide bonds. The molecule has 3 heteroatoms. The van der Waals surface area contributed by atoms with Gasteiger partial charge in [-0.1, -0.05) is 6.42 Å². The zero-order chi connectivity index (χ0) is 11.2. The van der Waals surface area contributed by atoms with Crippen molar-refractivity contribution < 1.29 is 9.15 Å². The molecule has 1 aliphatic heterocycles. The standard InChI is InChI=1S/C13H19NO2/c1-10-3-4-11(16-10)13(8-15-9-13)12(7-14)5-2-6-12/h3-4H,2,5-9,14H2,1H3. The number of nitrogens with two attached hydrogens (primary N) is 1.